The normalized spacial score (nSPS) is 10.2. The Morgan fingerprint density at radius 2 is 1.55 bits per heavy atom. The molecule has 0 atom stereocenters. The molecule has 0 saturated carbocycles. The van der Waals surface area contributed by atoms with E-state index < -0.39 is 6.16 Å². The van der Waals surface area contributed by atoms with Crippen molar-refractivity contribution in [3.8, 4) is 11.5 Å². The van der Waals surface area contributed by atoms with Crippen LogP contribution < -0.4 is 20.1 Å². The maximum absolute atomic E-state index is 12.1. The first-order chi connectivity index (χ1) is 14.8. The molecule has 0 heterocycles. The van der Waals surface area contributed by atoms with Crippen molar-refractivity contribution < 1.29 is 28.6 Å². The lowest BCUT2D eigenvalue weighted by Gasteiger charge is -2.11. The van der Waals surface area contributed by atoms with Crippen LogP contribution in [0.15, 0.2) is 36.4 Å². The Morgan fingerprint density at radius 3 is 2.16 bits per heavy atom. The molecule has 0 saturated heterocycles. The van der Waals surface area contributed by atoms with Crippen LogP contribution in [0.25, 0.3) is 0 Å². The zero-order chi connectivity index (χ0) is 22.8. The van der Waals surface area contributed by atoms with Gasteiger partial charge in [-0.25, -0.2) is 4.79 Å². The standard InChI is InChI=1S/C22H25ClN2O6/c1-4-29-22(28)31-17-7-5-16(6-8-17)21(27)25-10-9-24-19(26)13-30-18-11-14(2)20(23)15(3)12-18/h5-8,11-12H,4,9-10,13H2,1-3H3,(H,24,26)(H,25,27). The quantitative estimate of drug-likeness (QED) is 0.346. The Balaban J connectivity index is 1.69. The molecule has 9 heteroatoms. The molecular formula is C22H25ClN2O6. The summed E-state index contributed by atoms with van der Waals surface area (Å²) in [4.78, 5) is 35.3. The molecule has 2 N–H and O–H groups in total. The van der Waals surface area contributed by atoms with Crippen LogP contribution in [0.1, 0.15) is 28.4 Å². The zero-order valence-corrected chi connectivity index (χ0v) is 18.4. The molecule has 166 valence electrons. The second kappa shape index (κ2) is 11.8. The number of nitrogens with one attached hydrogen (secondary N) is 2. The van der Waals surface area contributed by atoms with Crippen LogP contribution in [0.4, 0.5) is 4.79 Å². The molecule has 0 fully saturated rings. The van der Waals surface area contributed by atoms with Gasteiger partial charge < -0.3 is 24.8 Å². The van der Waals surface area contributed by atoms with E-state index in [1.54, 1.807) is 19.1 Å². The van der Waals surface area contributed by atoms with E-state index in [1.165, 1.54) is 24.3 Å². The van der Waals surface area contributed by atoms with Gasteiger partial charge >= 0.3 is 6.16 Å². The Kier molecular flexibility index (Phi) is 9.14. The molecule has 0 bridgehead atoms. The highest BCUT2D eigenvalue weighted by molar-refractivity contribution is 6.32. The molecule has 0 unspecified atom stereocenters. The Hall–Kier alpha value is -3.26. The lowest BCUT2D eigenvalue weighted by molar-refractivity contribution is -0.123. The first-order valence-corrected chi connectivity index (χ1v) is 10.1. The van der Waals surface area contributed by atoms with Crippen molar-refractivity contribution in [1.29, 1.82) is 0 Å². The molecule has 2 aromatic carbocycles. The summed E-state index contributed by atoms with van der Waals surface area (Å²) in [5, 5.41) is 6.03. The van der Waals surface area contributed by atoms with Gasteiger partial charge in [0.05, 0.1) is 6.61 Å². The van der Waals surface area contributed by atoms with Crippen molar-refractivity contribution in [1.82, 2.24) is 10.6 Å². The summed E-state index contributed by atoms with van der Waals surface area (Å²) in [7, 11) is 0. The van der Waals surface area contributed by atoms with E-state index in [0.29, 0.717) is 16.3 Å². The average molecular weight is 449 g/mol. The fourth-order valence-corrected chi connectivity index (χ4v) is 2.70. The topological polar surface area (TPSA) is 103 Å². The predicted octanol–water partition coefficient (Wildman–Crippen LogP) is 3.42. The van der Waals surface area contributed by atoms with Gasteiger partial charge in [0.2, 0.25) is 0 Å². The fraction of sp³-hybridized carbons (Fsp3) is 0.318. The van der Waals surface area contributed by atoms with Gasteiger partial charge in [-0.15, -0.1) is 0 Å². The molecule has 2 rings (SSSR count). The Bertz CT molecular complexity index is 907. The van der Waals surface area contributed by atoms with E-state index in [4.69, 9.17) is 21.1 Å². The van der Waals surface area contributed by atoms with Crippen LogP contribution in [0, 0.1) is 13.8 Å². The van der Waals surface area contributed by atoms with Crippen molar-refractivity contribution in [3.05, 3.63) is 58.1 Å². The lowest BCUT2D eigenvalue weighted by atomic mass is 10.1. The number of aryl methyl sites for hydroxylation is 2. The number of hydrogen-bond donors (Lipinski definition) is 2. The highest BCUT2D eigenvalue weighted by Gasteiger charge is 2.09. The molecule has 0 aromatic heterocycles. The number of benzene rings is 2. The maximum atomic E-state index is 12.1. The third kappa shape index (κ3) is 7.82. The summed E-state index contributed by atoms with van der Waals surface area (Å²) in [6.45, 7) is 5.96. The monoisotopic (exact) mass is 448 g/mol. The second-order valence-electron chi connectivity index (χ2n) is 6.58. The summed E-state index contributed by atoms with van der Waals surface area (Å²) in [5.74, 6) is 0.215. The van der Waals surface area contributed by atoms with Gasteiger partial charge in [-0.2, -0.15) is 0 Å². The number of halogens is 1. The van der Waals surface area contributed by atoms with Crippen LogP contribution in [0.2, 0.25) is 5.02 Å². The second-order valence-corrected chi connectivity index (χ2v) is 6.95. The third-order valence-corrected chi connectivity index (χ3v) is 4.69. The molecule has 0 aliphatic carbocycles. The van der Waals surface area contributed by atoms with Crippen molar-refractivity contribution >= 4 is 29.6 Å². The van der Waals surface area contributed by atoms with Crippen molar-refractivity contribution in [3.63, 3.8) is 0 Å². The minimum atomic E-state index is -0.805. The number of rotatable bonds is 9. The van der Waals surface area contributed by atoms with Crippen molar-refractivity contribution in [2.24, 2.45) is 0 Å². The first kappa shape index (κ1) is 24.0. The van der Waals surface area contributed by atoms with Crippen LogP contribution in [-0.2, 0) is 9.53 Å². The average Bonchev–Trinajstić information content (AvgIpc) is 2.74. The molecule has 0 spiro atoms. The van der Waals surface area contributed by atoms with E-state index in [0.717, 1.165) is 11.1 Å². The number of hydrogen-bond acceptors (Lipinski definition) is 6. The van der Waals surface area contributed by atoms with E-state index in [1.807, 2.05) is 13.8 Å². The highest BCUT2D eigenvalue weighted by Crippen LogP contribution is 2.25. The summed E-state index contributed by atoms with van der Waals surface area (Å²) in [6.07, 6.45) is -0.805. The third-order valence-electron chi connectivity index (χ3n) is 4.09. The molecule has 0 aliphatic rings. The van der Waals surface area contributed by atoms with Crippen LogP contribution in [0.5, 0.6) is 11.5 Å². The Morgan fingerprint density at radius 1 is 0.935 bits per heavy atom. The van der Waals surface area contributed by atoms with E-state index in [2.05, 4.69) is 15.4 Å². The summed E-state index contributed by atoms with van der Waals surface area (Å²) >= 11 is 6.11. The number of carbonyl (C=O) groups excluding carboxylic acids is 3. The van der Waals surface area contributed by atoms with Gasteiger partial charge in [0, 0.05) is 23.7 Å². The lowest BCUT2D eigenvalue weighted by Crippen LogP contribution is -2.36. The molecule has 8 nitrogen and oxygen atoms in total. The van der Waals surface area contributed by atoms with Gasteiger partial charge in [0.15, 0.2) is 6.61 Å². The van der Waals surface area contributed by atoms with Gasteiger partial charge in [0.25, 0.3) is 11.8 Å². The summed E-state index contributed by atoms with van der Waals surface area (Å²) in [5.41, 5.74) is 2.14. The van der Waals surface area contributed by atoms with Gasteiger partial charge in [0.1, 0.15) is 11.5 Å². The molecular weight excluding hydrogens is 424 g/mol. The minimum absolute atomic E-state index is 0.142. The Labute approximate surface area is 185 Å². The maximum Gasteiger partial charge on any atom is 0.513 e. The van der Waals surface area contributed by atoms with Gasteiger partial charge in [-0.1, -0.05) is 11.6 Å². The number of amides is 2. The SMILES string of the molecule is CCOC(=O)Oc1ccc(C(=O)NCCNC(=O)COc2cc(C)c(Cl)c(C)c2)cc1. The number of carbonyl (C=O) groups is 3. The summed E-state index contributed by atoms with van der Waals surface area (Å²) in [6, 6.07) is 9.56. The van der Waals surface area contributed by atoms with Crippen molar-refractivity contribution in [2.45, 2.75) is 20.8 Å². The molecule has 2 amide bonds. The molecule has 0 aliphatic heterocycles. The van der Waals surface area contributed by atoms with Gasteiger partial charge in [-0.3, -0.25) is 9.59 Å². The molecule has 0 radical (unpaired) electrons. The zero-order valence-electron chi connectivity index (χ0n) is 17.6. The van der Waals surface area contributed by atoms with Gasteiger partial charge in [-0.05, 0) is 68.3 Å². The fourth-order valence-electron chi connectivity index (χ4n) is 2.59. The summed E-state index contributed by atoms with van der Waals surface area (Å²) < 4.78 is 15.1. The van der Waals surface area contributed by atoms with Crippen LogP contribution in [0.3, 0.4) is 0 Å². The first-order valence-electron chi connectivity index (χ1n) is 9.69. The van der Waals surface area contributed by atoms with Crippen molar-refractivity contribution in [2.75, 3.05) is 26.3 Å². The van der Waals surface area contributed by atoms with Crippen LogP contribution >= 0.6 is 11.6 Å². The smallest absolute Gasteiger partial charge is 0.484 e. The van der Waals surface area contributed by atoms with E-state index in [-0.39, 0.29) is 43.9 Å². The van der Waals surface area contributed by atoms with Crippen LogP contribution in [-0.4, -0.2) is 44.3 Å². The van der Waals surface area contributed by atoms with E-state index >= 15 is 0 Å². The predicted molar refractivity (Wildman–Crippen MR) is 116 cm³/mol. The largest absolute Gasteiger partial charge is 0.513 e. The highest BCUT2D eigenvalue weighted by atomic mass is 35.5. The molecule has 31 heavy (non-hydrogen) atoms. The molecule has 2 aromatic rings. The van der Waals surface area contributed by atoms with E-state index in [9.17, 15) is 14.4 Å². The number of ether oxygens (including phenoxy) is 3. The minimum Gasteiger partial charge on any atom is -0.484 e.